The summed E-state index contributed by atoms with van der Waals surface area (Å²) in [7, 11) is 0. The van der Waals surface area contributed by atoms with Gasteiger partial charge < -0.3 is 15.5 Å². The highest BCUT2D eigenvalue weighted by atomic mass is 19.4. The summed E-state index contributed by atoms with van der Waals surface area (Å²) in [5.41, 5.74) is 6.70. The largest absolute Gasteiger partial charge is 0.463 e. The lowest BCUT2D eigenvalue weighted by Crippen LogP contribution is -2.51. The average molecular weight is 551 g/mol. The number of esters is 1. The predicted molar refractivity (Wildman–Crippen MR) is 138 cm³/mol. The average Bonchev–Trinajstić information content (AvgIpc) is 3.38. The van der Waals surface area contributed by atoms with E-state index in [0.717, 1.165) is 30.0 Å². The zero-order valence-corrected chi connectivity index (χ0v) is 21.8. The molecule has 0 fully saturated rings. The summed E-state index contributed by atoms with van der Waals surface area (Å²) >= 11 is 0. The number of hydrazine groups is 1. The summed E-state index contributed by atoms with van der Waals surface area (Å²) < 4.78 is 45.3. The number of amides is 3. The van der Waals surface area contributed by atoms with Crippen LogP contribution in [0.1, 0.15) is 68.4 Å². The Balaban J connectivity index is 2.37. The van der Waals surface area contributed by atoms with Gasteiger partial charge in [0.05, 0.1) is 18.2 Å². The van der Waals surface area contributed by atoms with Crippen molar-refractivity contribution in [3.8, 4) is 11.3 Å². The molecule has 1 atom stereocenters. The van der Waals surface area contributed by atoms with Crippen LogP contribution >= 0.6 is 0 Å². The number of primary amides is 1. The number of aromatic amines is 1. The van der Waals surface area contributed by atoms with Crippen LogP contribution in [0.5, 0.6) is 0 Å². The smallest absolute Gasteiger partial charge is 0.417 e. The molecule has 0 aliphatic heterocycles. The van der Waals surface area contributed by atoms with Crippen LogP contribution in [0.4, 0.5) is 13.2 Å². The van der Waals surface area contributed by atoms with Crippen LogP contribution in [0.15, 0.2) is 48.6 Å². The third kappa shape index (κ3) is 9.62. The Morgan fingerprint density at radius 2 is 1.79 bits per heavy atom. The topological polar surface area (TPSA) is 135 Å². The quantitative estimate of drug-likeness (QED) is 0.146. The Hall–Kier alpha value is -4.09. The first-order valence-corrected chi connectivity index (χ1v) is 12.6. The normalized spacial score (nSPS) is 12.2. The monoisotopic (exact) mass is 550 g/mol. The molecule has 2 aromatic rings. The van der Waals surface area contributed by atoms with E-state index >= 15 is 0 Å². The van der Waals surface area contributed by atoms with E-state index < -0.39 is 41.5 Å². The Kier molecular flexibility index (Phi) is 11.8. The first-order chi connectivity index (χ1) is 18.5. The minimum Gasteiger partial charge on any atom is -0.463 e. The van der Waals surface area contributed by atoms with E-state index in [9.17, 15) is 32.3 Å². The third-order valence-electron chi connectivity index (χ3n) is 5.70. The van der Waals surface area contributed by atoms with Gasteiger partial charge in [-0.05, 0) is 38.0 Å². The van der Waals surface area contributed by atoms with Crippen molar-refractivity contribution >= 4 is 23.7 Å². The number of nitrogens with two attached hydrogens (primary N) is 1. The zero-order chi connectivity index (χ0) is 29.0. The minimum atomic E-state index is -4.61. The molecule has 0 unspecified atom stereocenters. The second kappa shape index (κ2) is 14.7. The number of halogens is 3. The lowest BCUT2D eigenvalue weighted by molar-refractivity contribution is -0.138. The number of carbonyl (C=O) groups excluding carboxylic acids is 4. The number of unbranched alkanes of at least 4 members (excludes halogenated alkanes) is 2. The molecule has 0 aliphatic carbocycles. The second-order valence-electron chi connectivity index (χ2n) is 8.67. The first kappa shape index (κ1) is 31.1. The molecule has 12 heteroatoms. The molecule has 1 heterocycles. The van der Waals surface area contributed by atoms with Crippen molar-refractivity contribution in [2.45, 2.75) is 64.6 Å². The highest BCUT2D eigenvalue weighted by molar-refractivity contribution is 5.95. The SMILES string of the molecule is CCCCCC(=O)N(NC(=O)c1ccc(-c2ccccc2C(F)(F)F)[nH]1)[C@H](C=CC(=O)OCC)CCC(N)=O. The number of alkyl halides is 3. The van der Waals surface area contributed by atoms with E-state index in [1.54, 1.807) is 6.92 Å². The molecule has 1 aromatic heterocycles. The molecular formula is C27H33F3N4O5. The van der Waals surface area contributed by atoms with Gasteiger partial charge in [0.25, 0.3) is 5.91 Å². The van der Waals surface area contributed by atoms with Crippen molar-refractivity contribution in [1.82, 2.24) is 15.4 Å². The summed E-state index contributed by atoms with van der Waals surface area (Å²) in [5.74, 6) is -2.60. The third-order valence-corrected chi connectivity index (χ3v) is 5.70. The Morgan fingerprint density at radius 1 is 1.08 bits per heavy atom. The van der Waals surface area contributed by atoms with Gasteiger partial charge in [0, 0.05) is 30.2 Å². The molecular weight excluding hydrogens is 517 g/mol. The fourth-order valence-corrected chi connectivity index (χ4v) is 3.78. The van der Waals surface area contributed by atoms with Crippen LogP contribution in [0.2, 0.25) is 0 Å². The molecule has 4 N–H and O–H groups in total. The van der Waals surface area contributed by atoms with E-state index in [1.165, 1.54) is 36.4 Å². The molecule has 1 aromatic carbocycles. The first-order valence-electron chi connectivity index (χ1n) is 12.6. The van der Waals surface area contributed by atoms with Gasteiger partial charge in [-0.1, -0.05) is 44.0 Å². The van der Waals surface area contributed by atoms with Crippen molar-refractivity contribution in [2.24, 2.45) is 5.73 Å². The number of H-pyrrole nitrogens is 1. The van der Waals surface area contributed by atoms with E-state index in [-0.39, 0.29) is 42.8 Å². The Labute approximate surface area is 224 Å². The number of carbonyl (C=O) groups is 4. The van der Waals surface area contributed by atoms with Crippen LogP contribution in [0.3, 0.4) is 0 Å². The molecule has 3 amide bonds. The summed E-state index contributed by atoms with van der Waals surface area (Å²) in [5, 5.41) is 1.01. The lowest BCUT2D eigenvalue weighted by Gasteiger charge is -2.30. The predicted octanol–water partition coefficient (Wildman–Crippen LogP) is 4.51. The second-order valence-corrected chi connectivity index (χ2v) is 8.67. The maximum Gasteiger partial charge on any atom is 0.417 e. The molecule has 0 aliphatic rings. The van der Waals surface area contributed by atoms with Crippen LogP contribution < -0.4 is 11.2 Å². The van der Waals surface area contributed by atoms with Gasteiger partial charge in [0.2, 0.25) is 11.8 Å². The van der Waals surface area contributed by atoms with Gasteiger partial charge in [0.15, 0.2) is 0 Å². The maximum absolute atomic E-state index is 13.5. The van der Waals surface area contributed by atoms with E-state index in [2.05, 4.69) is 10.4 Å². The van der Waals surface area contributed by atoms with Gasteiger partial charge >= 0.3 is 12.1 Å². The van der Waals surface area contributed by atoms with E-state index in [0.29, 0.717) is 6.42 Å². The van der Waals surface area contributed by atoms with Crippen molar-refractivity contribution < 1.29 is 37.1 Å². The molecule has 0 bridgehead atoms. The summed E-state index contributed by atoms with van der Waals surface area (Å²) in [6, 6.07) is 6.62. The number of nitrogens with one attached hydrogen (secondary N) is 2. The van der Waals surface area contributed by atoms with Crippen LogP contribution in [-0.2, 0) is 25.3 Å². The molecule has 0 saturated carbocycles. The van der Waals surface area contributed by atoms with Gasteiger partial charge in [-0.3, -0.25) is 19.8 Å². The summed E-state index contributed by atoms with van der Waals surface area (Å²) in [6.07, 6.45) is -0.115. The molecule has 0 saturated heterocycles. The van der Waals surface area contributed by atoms with Crippen molar-refractivity contribution in [3.05, 3.63) is 59.8 Å². The Morgan fingerprint density at radius 3 is 2.44 bits per heavy atom. The van der Waals surface area contributed by atoms with Gasteiger partial charge in [0.1, 0.15) is 5.69 Å². The van der Waals surface area contributed by atoms with Crippen molar-refractivity contribution in [2.75, 3.05) is 6.61 Å². The maximum atomic E-state index is 13.5. The number of benzene rings is 1. The van der Waals surface area contributed by atoms with Gasteiger partial charge in [-0.25, -0.2) is 9.80 Å². The molecule has 0 spiro atoms. The number of nitrogens with zero attached hydrogens (tertiary/aromatic N) is 1. The van der Waals surface area contributed by atoms with Crippen LogP contribution in [0.25, 0.3) is 11.3 Å². The highest BCUT2D eigenvalue weighted by Gasteiger charge is 2.34. The number of rotatable bonds is 13. The summed E-state index contributed by atoms with van der Waals surface area (Å²) in [4.78, 5) is 52.3. The number of hydrogen-bond acceptors (Lipinski definition) is 5. The van der Waals surface area contributed by atoms with Gasteiger partial charge in [-0.15, -0.1) is 0 Å². The zero-order valence-electron chi connectivity index (χ0n) is 21.8. The minimum absolute atomic E-state index is 0.0000295. The van der Waals surface area contributed by atoms with Crippen molar-refractivity contribution in [3.63, 3.8) is 0 Å². The molecule has 0 radical (unpaired) electrons. The number of ether oxygens (including phenoxy) is 1. The fourth-order valence-electron chi connectivity index (χ4n) is 3.78. The number of aromatic nitrogens is 1. The van der Waals surface area contributed by atoms with Crippen molar-refractivity contribution in [1.29, 1.82) is 0 Å². The standard InChI is InChI=1S/C27H33F3N4O5/c1-3-5-6-11-24(36)34(18(12-16-23(31)35)13-17-25(37)39-4-2)33-26(38)22-15-14-21(32-22)19-9-7-8-10-20(19)27(28,29)30/h7-10,13-15,17-18,32H,3-6,11-12,16H2,1-2H3,(H2,31,35)(H,33,38)/t18-/m0/s1. The van der Waals surface area contributed by atoms with Crippen LogP contribution in [0, 0.1) is 0 Å². The summed E-state index contributed by atoms with van der Waals surface area (Å²) in [6.45, 7) is 3.71. The molecule has 2 rings (SSSR count). The van der Waals surface area contributed by atoms with Crippen LogP contribution in [-0.4, -0.2) is 46.3 Å². The highest BCUT2D eigenvalue weighted by Crippen LogP contribution is 2.36. The Bertz CT molecular complexity index is 1180. The molecule has 212 valence electrons. The van der Waals surface area contributed by atoms with E-state index in [1.807, 2.05) is 6.92 Å². The lowest BCUT2D eigenvalue weighted by atomic mass is 10.0. The number of hydrogen-bond donors (Lipinski definition) is 3. The fraction of sp³-hybridized carbons (Fsp3) is 0.407. The van der Waals surface area contributed by atoms with E-state index in [4.69, 9.17) is 10.5 Å². The molecule has 39 heavy (non-hydrogen) atoms. The molecule has 9 nitrogen and oxygen atoms in total. The van der Waals surface area contributed by atoms with Gasteiger partial charge in [-0.2, -0.15) is 13.2 Å².